The molecule has 6 heteroatoms. The van der Waals surface area contributed by atoms with E-state index in [2.05, 4.69) is 36.1 Å². The van der Waals surface area contributed by atoms with Gasteiger partial charge in [0.15, 0.2) is 5.54 Å². The molecule has 1 fully saturated rings. The molecule has 0 aromatic heterocycles. The van der Waals surface area contributed by atoms with Crippen LogP contribution in [0.5, 0.6) is 0 Å². The highest BCUT2D eigenvalue weighted by Crippen LogP contribution is 2.33. The van der Waals surface area contributed by atoms with Gasteiger partial charge in [0.1, 0.15) is 6.61 Å². The van der Waals surface area contributed by atoms with Gasteiger partial charge < -0.3 is 9.64 Å². The second-order valence-electron chi connectivity index (χ2n) is 8.17. The van der Waals surface area contributed by atoms with Crippen molar-refractivity contribution in [3.05, 3.63) is 71.8 Å². The summed E-state index contributed by atoms with van der Waals surface area (Å²) >= 11 is 0. The van der Waals surface area contributed by atoms with Crippen molar-refractivity contribution < 1.29 is 19.2 Å². The molecule has 0 saturated carbocycles. The van der Waals surface area contributed by atoms with E-state index in [0.717, 1.165) is 12.0 Å². The lowest BCUT2D eigenvalue weighted by Crippen LogP contribution is -2.62. The van der Waals surface area contributed by atoms with Crippen LogP contribution in [-0.4, -0.2) is 53.6 Å². The fraction of sp³-hybridized carbons (Fsp3) is 0.440. The van der Waals surface area contributed by atoms with Gasteiger partial charge in [0.05, 0.1) is 7.11 Å². The maximum atomic E-state index is 12.9. The van der Waals surface area contributed by atoms with Crippen molar-refractivity contribution in [3.8, 4) is 0 Å². The zero-order chi connectivity index (χ0) is 22.3. The predicted octanol–water partition coefficient (Wildman–Crippen LogP) is 3.61. The average Bonchev–Trinajstić information content (AvgIpc) is 2.80. The number of methoxy groups -OCH3 is 1. The Hall–Kier alpha value is -2.70. The molecule has 1 atom stereocenters. The number of benzene rings is 2. The number of carbonyl (C=O) groups excluding carboxylic acids is 2. The first kappa shape index (κ1) is 23.0. The lowest BCUT2D eigenvalue weighted by molar-refractivity contribution is -0.240. The molecule has 1 unspecified atom stereocenters. The van der Waals surface area contributed by atoms with Gasteiger partial charge >= 0.3 is 5.97 Å². The monoisotopic (exact) mass is 424 g/mol. The summed E-state index contributed by atoms with van der Waals surface area (Å²) in [4.78, 5) is 33.7. The SMILES string of the molecule is COC(=O)C1(N(OCc2ccccc2)C(C)=O)CCN(C(C)Cc2ccccc2)CC1. The topological polar surface area (TPSA) is 59.1 Å². The van der Waals surface area contributed by atoms with Crippen molar-refractivity contribution in [2.24, 2.45) is 0 Å². The summed E-state index contributed by atoms with van der Waals surface area (Å²) in [5.74, 6) is -0.724. The highest BCUT2D eigenvalue weighted by molar-refractivity contribution is 5.86. The Labute approximate surface area is 184 Å². The molecule has 166 valence electrons. The van der Waals surface area contributed by atoms with Gasteiger partial charge in [-0.15, -0.1) is 0 Å². The zero-order valence-electron chi connectivity index (χ0n) is 18.6. The van der Waals surface area contributed by atoms with Gasteiger partial charge in [-0.1, -0.05) is 60.7 Å². The standard InChI is InChI=1S/C25H32N2O4/c1-20(18-22-10-6-4-7-11-22)26-16-14-25(15-17-26,24(29)30-3)27(21(2)28)31-19-23-12-8-5-9-13-23/h4-13,20H,14-19H2,1-3H3. The molecule has 1 amide bonds. The highest BCUT2D eigenvalue weighted by atomic mass is 16.7. The quantitative estimate of drug-likeness (QED) is 0.479. The van der Waals surface area contributed by atoms with E-state index >= 15 is 0 Å². The maximum absolute atomic E-state index is 12.9. The van der Waals surface area contributed by atoms with E-state index in [9.17, 15) is 9.59 Å². The third-order valence-electron chi connectivity index (χ3n) is 6.07. The largest absolute Gasteiger partial charge is 0.467 e. The third kappa shape index (κ3) is 5.51. The summed E-state index contributed by atoms with van der Waals surface area (Å²) in [5, 5.41) is 1.25. The van der Waals surface area contributed by atoms with Crippen molar-refractivity contribution in [1.82, 2.24) is 9.96 Å². The van der Waals surface area contributed by atoms with Crippen LogP contribution in [-0.2, 0) is 32.2 Å². The van der Waals surface area contributed by atoms with Gasteiger partial charge in [-0.25, -0.2) is 9.86 Å². The summed E-state index contributed by atoms with van der Waals surface area (Å²) in [6.45, 7) is 5.21. The number of piperidine rings is 1. The maximum Gasteiger partial charge on any atom is 0.334 e. The molecule has 31 heavy (non-hydrogen) atoms. The Morgan fingerprint density at radius 3 is 2.06 bits per heavy atom. The van der Waals surface area contributed by atoms with E-state index in [4.69, 9.17) is 9.57 Å². The van der Waals surface area contributed by atoms with E-state index in [-0.39, 0.29) is 12.5 Å². The molecule has 0 radical (unpaired) electrons. The van der Waals surface area contributed by atoms with Crippen LogP contribution in [0.1, 0.15) is 37.8 Å². The van der Waals surface area contributed by atoms with E-state index in [1.54, 1.807) is 0 Å². The van der Waals surface area contributed by atoms with Crippen molar-refractivity contribution in [3.63, 3.8) is 0 Å². The second kappa shape index (κ2) is 10.6. The minimum Gasteiger partial charge on any atom is -0.467 e. The zero-order valence-corrected chi connectivity index (χ0v) is 18.6. The van der Waals surface area contributed by atoms with Crippen LogP contribution in [0.2, 0.25) is 0 Å². The van der Waals surface area contributed by atoms with Crippen molar-refractivity contribution >= 4 is 11.9 Å². The molecule has 0 aliphatic carbocycles. The van der Waals surface area contributed by atoms with Crippen LogP contribution in [0, 0.1) is 0 Å². The number of amides is 1. The Kier molecular flexibility index (Phi) is 7.82. The molecule has 2 aromatic rings. The normalized spacial score (nSPS) is 17.0. The molecule has 2 aromatic carbocycles. The van der Waals surface area contributed by atoms with E-state index in [1.165, 1.54) is 24.7 Å². The van der Waals surface area contributed by atoms with Gasteiger partial charge in [-0.2, -0.15) is 0 Å². The predicted molar refractivity (Wildman–Crippen MR) is 119 cm³/mol. The number of esters is 1. The molecule has 0 N–H and O–H groups in total. The molecular formula is C25H32N2O4. The van der Waals surface area contributed by atoms with E-state index in [1.807, 2.05) is 36.4 Å². The number of nitrogens with zero attached hydrogens (tertiary/aromatic N) is 2. The Balaban J connectivity index is 1.71. The fourth-order valence-electron chi connectivity index (χ4n) is 4.33. The minimum absolute atomic E-state index is 0.216. The summed E-state index contributed by atoms with van der Waals surface area (Å²) < 4.78 is 5.14. The number of hydroxylamine groups is 2. The van der Waals surface area contributed by atoms with Gasteiger partial charge in [-0.3, -0.25) is 9.63 Å². The molecule has 1 aliphatic heterocycles. The summed E-state index contributed by atoms with van der Waals surface area (Å²) in [6.07, 6.45) is 1.87. The third-order valence-corrected chi connectivity index (χ3v) is 6.07. The van der Waals surface area contributed by atoms with Gasteiger partial charge in [0.2, 0.25) is 5.91 Å². The Morgan fingerprint density at radius 1 is 1.00 bits per heavy atom. The van der Waals surface area contributed by atoms with E-state index < -0.39 is 11.5 Å². The smallest absolute Gasteiger partial charge is 0.334 e. The molecule has 0 spiro atoms. The molecular weight excluding hydrogens is 392 g/mol. The number of carbonyl (C=O) groups is 2. The number of hydrogen-bond donors (Lipinski definition) is 0. The molecule has 0 bridgehead atoms. The van der Waals surface area contributed by atoms with Crippen LogP contribution >= 0.6 is 0 Å². The number of hydrogen-bond acceptors (Lipinski definition) is 5. The molecule has 6 nitrogen and oxygen atoms in total. The number of rotatable bonds is 8. The first-order valence-electron chi connectivity index (χ1n) is 10.8. The van der Waals surface area contributed by atoms with Crippen LogP contribution < -0.4 is 0 Å². The van der Waals surface area contributed by atoms with Crippen LogP contribution in [0.4, 0.5) is 0 Å². The minimum atomic E-state index is -1.11. The Morgan fingerprint density at radius 2 is 1.55 bits per heavy atom. The van der Waals surface area contributed by atoms with Crippen molar-refractivity contribution in [2.45, 2.75) is 51.3 Å². The summed E-state index contributed by atoms with van der Waals surface area (Å²) in [7, 11) is 1.37. The van der Waals surface area contributed by atoms with Crippen molar-refractivity contribution in [2.75, 3.05) is 20.2 Å². The molecule has 3 rings (SSSR count). The van der Waals surface area contributed by atoms with E-state index in [0.29, 0.717) is 32.0 Å². The van der Waals surface area contributed by atoms with Crippen molar-refractivity contribution in [1.29, 1.82) is 0 Å². The van der Waals surface area contributed by atoms with Gasteiger partial charge in [0, 0.05) is 26.1 Å². The van der Waals surface area contributed by atoms with Crippen LogP contribution in [0.25, 0.3) is 0 Å². The van der Waals surface area contributed by atoms with Crippen LogP contribution in [0.3, 0.4) is 0 Å². The second-order valence-corrected chi connectivity index (χ2v) is 8.17. The summed E-state index contributed by atoms with van der Waals surface area (Å²) in [5.41, 5.74) is 1.11. The first-order valence-corrected chi connectivity index (χ1v) is 10.8. The molecule has 1 saturated heterocycles. The Bertz CT molecular complexity index is 848. The number of likely N-dealkylation sites (tertiary alicyclic amines) is 1. The average molecular weight is 425 g/mol. The fourth-order valence-corrected chi connectivity index (χ4v) is 4.33. The lowest BCUT2D eigenvalue weighted by atomic mass is 9.85. The molecule has 1 heterocycles. The van der Waals surface area contributed by atoms with Gasteiger partial charge in [0.25, 0.3) is 0 Å². The number of ether oxygens (including phenoxy) is 1. The van der Waals surface area contributed by atoms with Gasteiger partial charge in [-0.05, 0) is 37.3 Å². The van der Waals surface area contributed by atoms with Crippen LogP contribution in [0.15, 0.2) is 60.7 Å². The highest BCUT2D eigenvalue weighted by Gasteiger charge is 2.50. The summed E-state index contributed by atoms with van der Waals surface area (Å²) in [6, 6.07) is 20.3. The molecule has 1 aliphatic rings. The lowest BCUT2D eigenvalue weighted by Gasteiger charge is -2.46. The first-order chi connectivity index (χ1) is 15.0.